The number of nitrogens with zero attached hydrogens (tertiary/aromatic N) is 2. The maximum absolute atomic E-state index is 4.64. The number of rotatable bonds is 2. The van der Waals surface area contributed by atoms with Gasteiger partial charge in [-0.1, -0.05) is 20.3 Å². The minimum absolute atomic E-state index is 0. The summed E-state index contributed by atoms with van der Waals surface area (Å²) in [7, 11) is 0. The lowest BCUT2D eigenvalue weighted by Crippen LogP contribution is -2.43. The van der Waals surface area contributed by atoms with E-state index in [2.05, 4.69) is 16.8 Å². The summed E-state index contributed by atoms with van der Waals surface area (Å²) >= 11 is 0. The molecule has 2 nitrogen and oxygen atoms in total. The first kappa shape index (κ1) is 12.7. The average Bonchev–Trinajstić information content (AvgIpc) is 2.72. The molecule has 1 aliphatic carbocycles. The van der Waals surface area contributed by atoms with Gasteiger partial charge in [-0.15, -0.1) is 0 Å². The van der Waals surface area contributed by atoms with Crippen LogP contribution in [0.4, 0.5) is 0 Å². The zero-order valence-corrected chi connectivity index (χ0v) is 9.28. The van der Waals surface area contributed by atoms with Crippen LogP contribution in [0, 0.1) is 0 Å². The summed E-state index contributed by atoms with van der Waals surface area (Å²) in [5.74, 6) is 0. The average molecular weight is 210 g/mol. The molecule has 2 rings (SSSR count). The molecule has 1 aliphatic heterocycles. The Bertz CT molecular complexity index is 195. The second-order valence-electron chi connectivity index (χ2n) is 4.57. The first-order chi connectivity index (χ1) is 6.92. The molecular formula is C13H26N2. The Balaban J connectivity index is 0.00000112. The molecule has 2 aliphatic rings. The van der Waals surface area contributed by atoms with Gasteiger partial charge in [-0.3, -0.25) is 9.89 Å². The Hall–Kier alpha value is -0.370. The van der Waals surface area contributed by atoms with Gasteiger partial charge >= 0.3 is 0 Å². The lowest BCUT2D eigenvalue weighted by atomic mass is 9.90. The number of aliphatic imine (C=N–C) groups is 1. The Kier molecular flexibility index (Phi) is 5.30. The number of likely N-dealkylation sites (tertiary alicyclic amines) is 1. The van der Waals surface area contributed by atoms with Crippen LogP contribution in [0.25, 0.3) is 0 Å². The summed E-state index contributed by atoms with van der Waals surface area (Å²) < 4.78 is 0. The lowest BCUT2D eigenvalue weighted by Gasteiger charge is -2.35. The van der Waals surface area contributed by atoms with Crippen LogP contribution in [0.3, 0.4) is 0 Å². The van der Waals surface area contributed by atoms with Crippen molar-refractivity contribution in [2.75, 3.05) is 13.1 Å². The van der Waals surface area contributed by atoms with Crippen molar-refractivity contribution >= 4 is 6.21 Å². The van der Waals surface area contributed by atoms with E-state index < -0.39 is 0 Å². The molecule has 88 valence electrons. The first-order valence-electron chi connectivity index (χ1n) is 6.13. The van der Waals surface area contributed by atoms with Crippen LogP contribution in [0.5, 0.6) is 0 Å². The molecule has 0 unspecified atom stereocenters. The Labute approximate surface area is 94.8 Å². The smallest absolute Gasteiger partial charge is 0.0650 e. The number of hydrogen-bond acceptors (Lipinski definition) is 2. The molecule has 1 saturated carbocycles. The van der Waals surface area contributed by atoms with Crippen molar-refractivity contribution in [1.82, 2.24) is 4.90 Å². The normalized spacial score (nSPS) is 33.1. The van der Waals surface area contributed by atoms with Gasteiger partial charge in [-0.25, -0.2) is 0 Å². The van der Waals surface area contributed by atoms with Crippen LogP contribution in [0.2, 0.25) is 0 Å². The second-order valence-corrected chi connectivity index (χ2v) is 4.57. The maximum atomic E-state index is 4.64. The van der Waals surface area contributed by atoms with E-state index in [1.165, 1.54) is 51.6 Å². The summed E-state index contributed by atoms with van der Waals surface area (Å²) in [6, 6.07) is 1.37. The summed E-state index contributed by atoms with van der Waals surface area (Å²) in [4.78, 5) is 7.32. The van der Waals surface area contributed by atoms with Crippen LogP contribution in [0.15, 0.2) is 4.99 Å². The molecule has 0 spiro atoms. The van der Waals surface area contributed by atoms with Crippen LogP contribution < -0.4 is 0 Å². The van der Waals surface area contributed by atoms with Gasteiger partial charge in [-0.2, -0.15) is 0 Å². The lowest BCUT2D eigenvalue weighted by molar-refractivity contribution is 0.169. The predicted octanol–water partition coefficient (Wildman–Crippen LogP) is 3.12. The summed E-state index contributed by atoms with van der Waals surface area (Å²) in [6.45, 7) is 4.69. The summed E-state index contributed by atoms with van der Waals surface area (Å²) in [5.41, 5.74) is 0. The van der Waals surface area contributed by atoms with Gasteiger partial charge < -0.3 is 0 Å². The Morgan fingerprint density at radius 3 is 2.40 bits per heavy atom. The standard InChI is InChI=1S/C12H22N2.CH4/c1-2-13-11-7-3-4-8-12(11)14-9-5-6-10-14;/h2,11-12H,3-10H2,1H3;1H4/t11-,12-;/m0./s1. The molecule has 2 heteroatoms. The molecule has 2 atom stereocenters. The van der Waals surface area contributed by atoms with Crippen LogP contribution >= 0.6 is 0 Å². The minimum atomic E-state index is 0. The van der Waals surface area contributed by atoms with Crippen molar-refractivity contribution in [1.29, 1.82) is 0 Å². The third-order valence-electron chi connectivity index (χ3n) is 3.64. The molecule has 0 aromatic rings. The van der Waals surface area contributed by atoms with E-state index in [0.29, 0.717) is 6.04 Å². The fourth-order valence-electron chi connectivity index (χ4n) is 2.96. The topological polar surface area (TPSA) is 15.6 Å². The predicted molar refractivity (Wildman–Crippen MR) is 67.7 cm³/mol. The van der Waals surface area contributed by atoms with Crippen molar-refractivity contribution in [3.8, 4) is 0 Å². The molecule has 15 heavy (non-hydrogen) atoms. The highest BCUT2D eigenvalue weighted by Gasteiger charge is 2.30. The molecule has 0 N–H and O–H groups in total. The van der Waals surface area contributed by atoms with Gasteiger partial charge in [0.25, 0.3) is 0 Å². The Morgan fingerprint density at radius 1 is 1.07 bits per heavy atom. The molecule has 0 amide bonds. The maximum Gasteiger partial charge on any atom is 0.0650 e. The zero-order valence-electron chi connectivity index (χ0n) is 9.28. The summed E-state index contributed by atoms with van der Waals surface area (Å²) in [5, 5.41) is 0. The SMILES string of the molecule is C.CC=N[C@H]1CCCC[C@@H]1N1CCCC1. The van der Waals surface area contributed by atoms with Gasteiger partial charge in [0, 0.05) is 6.04 Å². The molecule has 2 fully saturated rings. The monoisotopic (exact) mass is 210 g/mol. The molecule has 0 aromatic heterocycles. The molecule has 1 saturated heterocycles. The Morgan fingerprint density at radius 2 is 1.73 bits per heavy atom. The van der Waals surface area contributed by atoms with Crippen LogP contribution in [0.1, 0.15) is 52.9 Å². The molecule has 0 bridgehead atoms. The fourth-order valence-corrected chi connectivity index (χ4v) is 2.96. The highest BCUT2D eigenvalue weighted by Crippen LogP contribution is 2.27. The zero-order chi connectivity index (χ0) is 9.80. The van der Waals surface area contributed by atoms with E-state index in [0.717, 1.165) is 6.04 Å². The third kappa shape index (κ3) is 3.04. The van der Waals surface area contributed by atoms with Crippen molar-refractivity contribution in [3.63, 3.8) is 0 Å². The van der Waals surface area contributed by atoms with Crippen molar-refractivity contribution in [3.05, 3.63) is 0 Å². The van der Waals surface area contributed by atoms with Crippen molar-refractivity contribution in [2.24, 2.45) is 4.99 Å². The highest BCUT2D eigenvalue weighted by molar-refractivity contribution is 5.53. The highest BCUT2D eigenvalue weighted by atomic mass is 15.2. The van der Waals surface area contributed by atoms with Crippen LogP contribution in [-0.2, 0) is 0 Å². The quantitative estimate of drug-likeness (QED) is 0.639. The van der Waals surface area contributed by atoms with E-state index in [1.54, 1.807) is 0 Å². The van der Waals surface area contributed by atoms with Gasteiger partial charge in [0.2, 0.25) is 0 Å². The van der Waals surface area contributed by atoms with Crippen molar-refractivity contribution < 1.29 is 0 Å². The minimum Gasteiger partial charge on any atom is -0.298 e. The van der Waals surface area contributed by atoms with Gasteiger partial charge in [-0.05, 0) is 51.9 Å². The van der Waals surface area contributed by atoms with E-state index in [1.807, 2.05) is 6.21 Å². The molecule has 0 aromatic carbocycles. The third-order valence-corrected chi connectivity index (χ3v) is 3.64. The van der Waals surface area contributed by atoms with Crippen molar-refractivity contribution in [2.45, 2.75) is 65.0 Å². The molecule has 0 radical (unpaired) electrons. The first-order valence-corrected chi connectivity index (χ1v) is 6.13. The number of hydrogen-bond donors (Lipinski definition) is 0. The van der Waals surface area contributed by atoms with Crippen LogP contribution in [-0.4, -0.2) is 36.3 Å². The molecular weight excluding hydrogens is 184 g/mol. The van der Waals surface area contributed by atoms with Gasteiger partial charge in [0.15, 0.2) is 0 Å². The summed E-state index contributed by atoms with van der Waals surface area (Å²) in [6.07, 6.45) is 10.3. The largest absolute Gasteiger partial charge is 0.298 e. The fraction of sp³-hybridized carbons (Fsp3) is 0.923. The molecule has 1 heterocycles. The second kappa shape index (κ2) is 6.26. The van der Waals surface area contributed by atoms with E-state index in [9.17, 15) is 0 Å². The van der Waals surface area contributed by atoms with E-state index in [-0.39, 0.29) is 7.43 Å². The van der Waals surface area contributed by atoms with E-state index >= 15 is 0 Å². The van der Waals surface area contributed by atoms with Gasteiger partial charge in [0.05, 0.1) is 6.04 Å². The van der Waals surface area contributed by atoms with Gasteiger partial charge in [0.1, 0.15) is 0 Å². The van der Waals surface area contributed by atoms with E-state index in [4.69, 9.17) is 0 Å².